The first-order valence-electron chi connectivity index (χ1n) is 13.2. The fourth-order valence-corrected chi connectivity index (χ4v) is 4.91. The Bertz CT molecular complexity index is 2120. The zero-order chi connectivity index (χ0) is 30.8. The number of furan rings is 1. The molecule has 3 aromatic heterocycles. The molecule has 0 amide bonds. The summed E-state index contributed by atoms with van der Waals surface area (Å²) in [5, 5.41) is 16.6. The average Bonchev–Trinajstić information content (AvgIpc) is 3.47. The highest BCUT2D eigenvalue weighted by Gasteiger charge is 2.19. The van der Waals surface area contributed by atoms with E-state index in [1.165, 1.54) is 23.0 Å². The Hall–Kier alpha value is -5.56. The third kappa shape index (κ3) is 5.47. The summed E-state index contributed by atoms with van der Waals surface area (Å²) in [7, 11) is 1.57. The van der Waals surface area contributed by atoms with Crippen LogP contribution in [0.2, 0.25) is 0 Å². The number of benzene rings is 3. The molecule has 220 valence electrons. The molecule has 44 heavy (non-hydrogen) atoms. The summed E-state index contributed by atoms with van der Waals surface area (Å²) in [4.78, 5) is 32.8. The summed E-state index contributed by atoms with van der Waals surface area (Å²) in [5.74, 6) is 1.98. The number of pyridine rings is 1. The molecule has 0 unspecified atom stereocenters. The maximum Gasteiger partial charge on any atom is 0.287 e. The van der Waals surface area contributed by atoms with Gasteiger partial charge in [-0.3, -0.25) is 14.9 Å². The number of halogens is 1. The zero-order valence-electron chi connectivity index (χ0n) is 23.3. The van der Waals surface area contributed by atoms with Gasteiger partial charge in [-0.2, -0.15) is 9.78 Å². The second-order valence-corrected chi connectivity index (χ2v) is 10.1. The van der Waals surface area contributed by atoms with Crippen LogP contribution in [0.1, 0.15) is 12.5 Å². The average molecular weight is 656 g/mol. The molecule has 0 saturated heterocycles. The Morgan fingerprint density at radius 2 is 1.89 bits per heavy atom. The molecule has 0 aliphatic heterocycles. The maximum atomic E-state index is 13.7. The van der Waals surface area contributed by atoms with Crippen molar-refractivity contribution in [1.29, 1.82) is 0 Å². The van der Waals surface area contributed by atoms with E-state index in [9.17, 15) is 14.9 Å². The van der Waals surface area contributed by atoms with E-state index < -0.39 is 4.92 Å². The minimum atomic E-state index is -0.542. The van der Waals surface area contributed by atoms with Crippen LogP contribution in [0.3, 0.4) is 0 Å². The van der Waals surface area contributed by atoms with Gasteiger partial charge in [0.25, 0.3) is 11.2 Å². The van der Waals surface area contributed by atoms with Crippen molar-refractivity contribution in [3.8, 4) is 34.7 Å². The number of hydrogen-bond donors (Lipinski definition) is 0. The van der Waals surface area contributed by atoms with Gasteiger partial charge < -0.3 is 18.6 Å². The smallest absolute Gasteiger partial charge is 0.287 e. The van der Waals surface area contributed by atoms with Crippen LogP contribution in [-0.4, -0.2) is 39.5 Å². The lowest BCUT2D eigenvalue weighted by atomic mass is 10.2. The van der Waals surface area contributed by atoms with E-state index in [4.69, 9.17) is 23.6 Å². The molecule has 0 aliphatic rings. The largest absolute Gasteiger partial charge is 0.496 e. The zero-order valence-corrected chi connectivity index (χ0v) is 24.8. The Kier molecular flexibility index (Phi) is 7.77. The molecule has 0 radical (unpaired) electrons. The van der Waals surface area contributed by atoms with Gasteiger partial charge in [0.05, 0.1) is 41.1 Å². The second kappa shape index (κ2) is 12.0. The van der Waals surface area contributed by atoms with Crippen molar-refractivity contribution in [3.63, 3.8) is 0 Å². The lowest BCUT2D eigenvalue weighted by molar-refractivity contribution is -0.385. The van der Waals surface area contributed by atoms with Crippen LogP contribution < -0.4 is 19.8 Å². The number of nitrogens with zero attached hydrogens (tertiary/aromatic N) is 5. The van der Waals surface area contributed by atoms with Gasteiger partial charge in [-0.25, -0.2) is 9.97 Å². The van der Waals surface area contributed by atoms with Crippen LogP contribution in [0.4, 0.5) is 5.69 Å². The molecule has 6 aromatic rings. The fourth-order valence-electron chi connectivity index (χ4n) is 4.48. The lowest BCUT2D eigenvalue weighted by Gasteiger charge is -2.13. The van der Waals surface area contributed by atoms with Gasteiger partial charge in [-0.15, -0.1) is 0 Å². The highest BCUT2D eigenvalue weighted by Crippen LogP contribution is 2.36. The summed E-state index contributed by atoms with van der Waals surface area (Å²) in [6.45, 7) is 2.15. The molecule has 0 aliphatic carbocycles. The van der Waals surface area contributed by atoms with E-state index in [0.717, 1.165) is 11.6 Å². The summed E-state index contributed by atoms with van der Waals surface area (Å²) in [6, 6.07) is 20.2. The number of methoxy groups -OCH3 is 1. The van der Waals surface area contributed by atoms with Gasteiger partial charge in [0.2, 0.25) is 11.7 Å². The van der Waals surface area contributed by atoms with Gasteiger partial charge in [0, 0.05) is 22.2 Å². The summed E-state index contributed by atoms with van der Waals surface area (Å²) in [6.07, 6.45) is 2.60. The highest BCUT2D eigenvalue weighted by atomic mass is 79.9. The van der Waals surface area contributed by atoms with Gasteiger partial charge in [-0.1, -0.05) is 18.2 Å². The van der Waals surface area contributed by atoms with E-state index in [0.29, 0.717) is 56.1 Å². The third-order valence-corrected chi connectivity index (χ3v) is 7.22. The summed E-state index contributed by atoms with van der Waals surface area (Å²) in [5.41, 5.74) is 1.08. The number of aromatic nitrogens is 3. The minimum absolute atomic E-state index is 0.144. The number of fused-ring (bicyclic) bond motifs is 2. The Morgan fingerprint density at radius 1 is 1.05 bits per heavy atom. The van der Waals surface area contributed by atoms with Crippen LogP contribution in [0.25, 0.3) is 33.5 Å². The van der Waals surface area contributed by atoms with Crippen LogP contribution in [0.5, 0.6) is 23.1 Å². The Balaban J connectivity index is 1.43. The lowest BCUT2D eigenvalue weighted by Crippen LogP contribution is -2.20. The second-order valence-electron chi connectivity index (χ2n) is 9.26. The van der Waals surface area contributed by atoms with E-state index in [2.05, 4.69) is 26.0 Å². The SMILES string of the molecule is CCOc1cc(C=Nn2c(-c3cc4c(OC)cccc4o3)nc3ccccc3c2=O)c(Br)cc1Oc1ccc([N+](=O)[O-])cn1. The molecule has 3 heterocycles. The van der Waals surface area contributed by atoms with Crippen molar-refractivity contribution in [2.75, 3.05) is 13.7 Å². The normalized spacial score (nSPS) is 11.3. The highest BCUT2D eigenvalue weighted by molar-refractivity contribution is 9.10. The van der Waals surface area contributed by atoms with Crippen LogP contribution in [0, 0.1) is 10.1 Å². The molecular weight excluding hydrogens is 634 g/mol. The molecule has 0 bridgehead atoms. The van der Waals surface area contributed by atoms with Gasteiger partial charge in [0.1, 0.15) is 17.5 Å². The Morgan fingerprint density at radius 3 is 2.64 bits per heavy atom. The number of nitro groups is 1. The number of rotatable bonds is 9. The van der Waals surface area contributed by atoms with Crippen molar-refractivity contribution >= 4 is 49.7 Å². The van der Waals surface area contributed by atoms with Crippen molar-refractivity contribution in [1.82, 2.24) is 14.6 Å². The quantitative estimate of drug-likeness (QED) is 0.0917. The number of hydrogen-bond acceptors (Lipinski definition) is 10. The maximum absolute atomic E-state index is 13.7. The topological polar surface area (TPSA) is 144 Å². The predicted molar refractivity (Wildman–Crippen MR) is 167 cm³/mol. The molecule has 0 N–H and O–H groups in total. The van der Waals surface area contributed by atoms with Crippen molar-refractivity contribution in [3.05, 3.63) is 109 Å². The molecule has 0 spiro atoms. The van der Waals surface area contributed by atoms with E-state index in [-0.39, 0.29) is 23.0 Å². The number of para-hydroxylation sites is 1. The molecule has 12 nitrogen and oxygen atoms in total. The number of ether oxygens (including phenoxy) is 3. The summed E-state index contributed by atoms with van der Waals surface area (Å²) < 4.78 is 25.0. The molecule has 0 saturated carbocycles. The Labute approximate surface area is 257 Å². The van der Waals surface area contributed by atoms with Crippen LogP contribution in [-0.2, 0) is 0 Å². The standard InChI is InChI=1S/C31H22BrN5O7/c1-3-42-26-13-18(22(32)15-27(26)44-29-12-11-19(17-33-29)37(39)40)16-34-36-30(35-23-8-5-4-7-20(23)31(36)38)28-14-21-24(41-2)9-6-10-25(21)43-28/h4-17H,3H2,1-2H3. The fraction of sp³-hybridized carbons (Fsp3) is 0.0968. The van der Waals surface area contributed by atoms with Gasteiger partial charge in [0.15, 0.2) is 17.3 Å². The molecule has 0 atom stereocenters. The monoisotopic (exact) mass is 655 g/mol. The van der Waals surface area contributed by atoms with Crippen molar-refractivity contribution in [2.24, 2.45) is 5.10 Å². The van der Waals surface area contributed by atoms with E-state index >= 15 is 0 Å². The van der Waals surface area contributed by atoms with Crippen molar-refractivity contribution < 1.29 is 23.6 Å². The van der Waals surface area contributed by atoms with E-state index in [1.807, 2.05) is 19.1 Å². The van der Waals surface area contributed by atoms with Crippen LogP contribution >= 0.6 is 15.9 Å². The predicted octanol–water partition coefficient (Wildman–Crippen LogP) is 6.96. The third-order valence-electron chi connectivity index (χ3n) is 6.54. The summed E-state index contributed by atoms with van der Waals surface area (Å²) >= 11 is 3.54. The molecular formula is C31H22BrN5O7. The first kappa shape index (κ1) is 28.6. The molecule has 0 fully saturated rings. The molecule has 6 rings (SSSR count). The molecule has 3 aromatic carbocycles. The van der Waals surface area contributed by atoms with Gasteiger partial charge in [-0.05, 0) is 65.3 Å². The molecule has 13 heteroatoms. The van der Waals surface area contributed by atoms with Crippen LogP contribution in [0.15, 0.2) is 97.8 Å². The minimum Gasteiger partial charge on any atom is -0.496 e. The first-order chi connectivity index (χ1) is 21.4. The van der Waals surface area contributed by atoms with Crippen molar-refractivity contribution in [2.45, 2.75) is 6.92 Å². The van der Waals surface area contributed by atoms with Gasteiger partial charge >= 0.3 is 0 Å². The van der Waals surface area contributed by atoms with E-state index in [1.54, 1.807) is 55.6 Å². The first-order valence-corrected chi connectivity index (χ1v) is 14.0.